The number of aromatic nitrogens is 6. The number of carbonyl (C=O) groups excluding carboxylic acids is 2. The average Bonchev–Trinajstić information content (AvgIpc) is 3.55. The molecule has 12 nitrogen and oxygen atoms in total. The molecule has 1 N–H and O–H groups in total. The molecule has 3 aromatic heterocycles. The maximum Gasteiger partial charge on any atom is 0.410 e. The second-order valence-corrected chi connectivity index (χ2v) is 12.9. The Labute approximate surface area is 250 Å². The van der Waals surface area contributed by atoms with E-state index in [1.807, 2.05) is 73.0 Å². The lowest BCUT2D eigenvalue weighted by molar-refractivity contribution is 0.0243. The van der Waals surface area contributed by atoms with Gasteiger partial charge in [0.25, 0.3) is 5.89 Å². The minimum atomic E-state index is -0.642. The second-order valence-electron chi connectivity index (χ2n) is 12.9. The van der Waals surface area contributed by atoms with Crippen molar-refractivity contribution in [1.82, 2.24) is 34.8 Å². The van der Waals surface area contributed by atoms with Gasteiger partial charge in [-0.3, -0.25) is 9.48 Å². The van der Waals surface area contributed by atoms with Gasteiger partial charge in [0, 0.05) is 55.8 Å². The number of rotatable bonds is 6. The molecule has 1 amide bonds. The van der Waals surface area contributed by atoms with Crippen molar-refractivity contribution in [2.75, 3.05) is 18.4 Å². The number of hydrogen-bond acceptors (Lipinski definition) is 10. The summed E-state index contributed by atoms with van der Waals surface area (Å²) in [6, 6.07) is 7.93. The van der Waals surface area contributed by atoms with Crippen LogP contribution in [0.1, 0.15) is 81.6 Å². The van der Waals surface area contributed by atoms with E-state index in [2.05, 4.69) is 31.7 Å². The molecule has 4 heterocycles. The Morgan fingerprint density at radius 3 is 2.58 bits per heavy atom. The number of aryl methyl sites for hydroxylation is 1. The monoisotopic (exact) mass is 586 g/mol. The molecule has 1 aliphatic rings. The number of hydrogen-bond donors (Lipinski definition) is 1. The standard InChI is InChI=1S/C31H38N8O4/c1-30(2,3)27-37-36-26(42-27)25(40)15-21-17-39(29(41)43-31(4,5)6)13-11-19-14-20(8-9-23(19)21)24-10-12-32-28(35-24)34-22-16-33-38(7)18-22/h8-10,12,14,16,18,21H,11,13,15,17H2,1-7H3,(H,32,34,35). The number of carbonyl (C=O) groups is 2. The van der Waals surface area contributed by atoms with Gasteiger partial charge >= 0.3 is 6.09 Å². The van der Waals surface area contributed by atoms with E-state index < -0.39 is 11.7 Å². The summed E-state index contributed by atoms with van der Waals surface area (Å²) in [4.78, 5) is 37.3. The molecule has 43 heavy (non-hydrogen) atoms. The Morgan fingerprint density at radius 1 is 1.12 bits per heavy atom. The molecule has 1 atom stereocenters. The van der Waals surface area contributed by atoms with E-state index in [4.69, 9.17) is 14.1 Å². The highest BCUT2D eigenvalue weighted by atomic mass is 16.6. The van der Waals surface area contributed by atoms with Gasteiger partial charge in [-0.1, -0.05) is 32.9 Å². The van der Waals surface area contributed by atoms with Crippen LogP contribution < -0.4 is 5.32 Å². The van der Waals surface area contributed by atoms with E-state index in [1.165, 1.54) is 0 Å². The molecule has 0 fully saturated rings. The van der Waals surface area contributed by atoms with Gasteiger partial charge < -0.3 is 19.4 Å². The van der Waals surface area contributed by atoms with Crippen LogP contribution in [0.4, 0.5) is 16.4 Å². The minimum Gasteiger partial charge on any atom is -0.444 e. The first-order valence-electron chi connectivity index (χ1n) is 14.3. The maximum absolute atomic E-state index is 13.4. The SMILES string of the molecule is Cn1cc(Nc2nccc(-c3ccc4c(c3)CCN(C(=O)OC(C)(C)C)CC4CC(=O)c3nnc(C(C)(C)C)o3)n2)cn1. The summed E-state index contributed by atoms with van der Waals surface area (Å²) in [6.07, 6.45) is 5.53. The van der Waals surface area contributed by atoms with E-state index in [0.29, 0.717) is 31.3 Å². The van der Waals surface area contributed by atoms with Crippen LogP contribution in [0, 0.1) is 0 Å². The molecular formula is C31H38N8O4. The molecule has 0 bridgehead atoms. The summed E-state index contributed by atoms with van der Waals surface area (Å²) in [5, 5.41) is 15.5. The van der Waals surface area contributed by atoms with Crippen molar-refractivity contribution in [2.45, 2.75) is 71.3 Å². The van der Waals surface area contributed by atoms with Crippen LogP contribution in [0.15, 0.2) is 47.3 Å². The van der Waals surface area contributed by atoms with Crippen molar-refractivity contribution in [1.29, 1.82) is 0 Å². The quantitative estimate of drug-likeness (QED) is 0.290. The smallest absolute Gasteiger partial charge is 0.410 e. The van der Waals surface area contributed by atoms with Gasteiger partial charge in [0.1, 0.15) is 5.60 Å². The Bertz CT molecular complexity index is 1630. The summed E-state index contributed by atoms with van der Waals surface area (Å²) in [5.74, 6) is 0.264. The van der Waals surface area contributed by atoms with Crippen LogP contribution in [0.2, 0.25) is 0 Å². The maximum atomic E-state index is 13.4. The van der Waals surface area contributed by atoms with Crippen LogP contribution in [0.5, 0.6) is 0 Å². The lowest BCUT2D eigenvalue weighted by atomic mass is 9.88. The third-order valence-corrected chi connectivity index (χ3v) is 6.98. The zero-order valence-electron chi connectivity index (χ0n) is 25.7. The summed E-state index contributed by atoms with van der Waals surface area (Å²) in [7, 11) is 1.84. The molecule has 226 valence electrons. The molecule has 1 aromatic carbocycles. The summed E-state index contributed by atoms with van der Waals surface area (Å²) < 4.78 is 13.1. The molecule has 5 rings (SSSR count). The van der Waals surface area contributed by atoms with Gasteiger partial charge in [-0.05, 0) is 50.5 Å². The van der Waals surface area contributed by atoms with Crippen LogP contribution in [0.25, 0.3) is 11.3 Å². The highest BCUT2D eigenvalue weighted by Gasteiger charge is 2.32. The first-order chi connectivity index (χ1) is 20.2. The fourth-order valence-electron chi connectivity index (χ4n) is 4.90. The summed E-state index contributed by atoms with van der Waals surface area (Å²) >= 11 is 0. The number of nitrogens with zero attached hydrogens (tertiary/aromatic N) is 7. The van der Waals surface area contributed by atoms with Crippen molar-refractivity contribution in [3.8, 4) is 11.3 Å². The van der Waals surface area contributed by atoms with E-state index in [1.54, 1.807) is 22.0 Å². The fraction of sp³-hybridized carbons (Fsp3) is 0.452. The zero-order chi connectivity index (χ0) is 30.9. The van der Waals surface area contributed by atoms with Gasteiger partial charge in [0.15, 0.2) is 0 Å². The third-order valence-electron chi connectivity index (χ3n) is 6.98. The van der Waals surface area contributed by atoms with Crippen LogP contribution >= 0.6 is 0 Å². The molecule has 4 aromatic rings. The third kappa shape index (κ3) is 7.25. The number of ether oxygens (including phenoxy) is 1. The lowest BCUT2D eigenvalue weighted by Gasteiger charge is -2.28. The van der Waals surface area contributed by atoms with Gasteiger partial charge in [-0.2, -0.15) is 5.10 Å². The molecule has 0 saturated carbocycles. The van der Waals surface area contributed by atoms with Gasteiger partial charge in [0.05, 0.1) is 17.6 Å². The Kier molecular flexibility index (Phi) is 8.04. The van der Waals surface area contributed by atoms with E-state index >= 15 is 0 Å². The van der Waals surface area contributed by atoms with Crippen LogP contribution in [-0.4, -0.2) is 65.4 Å². The number of nitrogens with one attached hydrogen (secondary N) is 1. The Balaban J connectivity index is 1.44. The van der Waals surface area contributed by atoms with Gasteiger partial charge in [0.2, 0.25) is 17.6 Å². The molecule has 0 radical (unpaired) electrons. The van der Waals surface area contributed by atoms with Crippen LogP contribution in [0.3, 0.4) is 0 Å². The minimum absolute atomic E-state index is 0.0224. The highest BCUT2D eigenvalue weighted by molar-refractivity contribution is 5.92. The molecular weight excluding hydrogens is 548 g/mol. The molecule has 1 aliphatic heterocycles. The van der Waals surface area contributed by atoms with E-state index in [0.717, 1.165) is 28.1 Å². The van der Waals surface area contributed by atoms with Crippen molar-refractivity contribution < 1.29 is 18.7 Å². The number of benzene rings is 1. The second kappa shape index (κ2) is 11.6. The molecule has 12 heteroatoms. The predicted octanol–water partition coefficient (Wildman–Crippen LogP) is 5.45. The largest absolute Gasteiger partial charge is 0.444 e. The molecule has 1 unspecified atom stereocenters. The molecule has 0 spiro atoms. The molecule has 0 aliphatic carbocycles. The Hall–Kier alpha value is -4.61. The van der Waals surface area contributed by atoms with Gasteiger partial charge in [-0.25, -0.2) is 14.8 Å². The van der Waals surface area contributed by atoms with Crippen molar-refractivity contribution in [3.63, 3.8) is 0 Å². The van der Waals surface area contributed by atoms with Gasteiger partial charge in [-0.15, -0.1) is 10.2 Å². The van der Waals surface area contributed by atoms with Crippen molar-refractivity contribution >= 4 is 23.5 Å². The lowest BCUT2D eigenvalue weighted by Crippen LogP contribution is -2.39. The summed E-state index contributed by atoms with van der Waals surface area (Å²) in [5.41, 5.74) is 3.43. The topological polar surface area (TPSA) is 141 Å². The summed E-state index contributed by atoms with van der Waals surface area (Å²) in [6.45, 7) is 12.1. The van der Waals surface area contributed by atoms with Crippen LogP contribution in [-0.2, 0) is 23.6 Å². The van der Waals surface area contributed by atoms with Crippen molar-refractivity contribution in [2.24, 2.45) is 7.05 Å². The number of anilines is 2. The average molecular weight is 587 g/mol. The first-order valence-corrected chi connectivity index (χ1v) is 14.3. The first kappa shape index (κ1) is 29.9. The van der Waals surface area contributed by atoms with E-state index in [-0.39, 0.29) is 29.4 Å². The normalized spacial score (nSPS) is 15.5. The highest BCUT2D eigenvalue weighted by Crippen LogP contribution is 2.33. The number of fused-ring (bicyclic) bond motifs is 1. The fourth-order valence-corrected chi connectivity index (χ4v) is 4.90. The number of Topliss-reactive ketones (excluding diaryl/α,β-unsaturated/α-hetero) is 1. The van der Waals surface area contributed by atoms with Crippen molar-refractivity contribution in [3.05, 3.63) is 65.8 Å². The zero-order valence-corrected chi connectivity index (χ0v) is 25.7. The molecule has 0 saturated heterocycles. The predicted molar refractivity (Wildman–Crippen MR) is 160 cm³/mol. The number of amides is 1. The number of ketones is 1. The Morgan fingerprint density at radius 2 is 1.91 bits per heavy atom. The van der Waals surface area contributed by atoms with E-state index in [9.17, 15) is 9.59 Å².